The van der Waals surface area contributed by atoms with Crippen molar-refractivity contribution in [3.8, 4) is 0 Å². The highest BCUT2D eigenvalue weighted by Gasteiger charge is 2.30. The number of hydrogen-bond donors (Lipinski definition) is 1. The van der Waals surface area contributed by atoms with Crippen molar-refractivity contribution in [1.29, 1.82) is 0 Å². The smallest absolute Gasteiger partial charge is 0.220 e. The zero-order valence-electron chi connectivity index (χ0n) is 14.2. The maximum atomic E-state index is 12.3. The van der Waals surface area contributed by atoms with Gasteiger partial charge in [0.2, 0.25) is 5.91 Å². The van der Waals surface area contributed by atoms with Gasteiger partial charge < -0.3 is 5.32 Å². The summed E-state index contributed by atoms with van der Waals surface area (Å²) >= 11 is 0. The second kappa shape index (κ2) is 7.47. The molecule has 1 N–H and O–H groups in total. The van der Waals surface area contributed by atoms with Crippen LogP contribution in [0.3, 0.4) is 0 Å². The molecule has 23 heavy (non-hydrogen) atoms. The fourth-order valence-corrected chi connectivity index (χ4v) is 4.98. The lowest BCUT2D eigenvalue weighted by atomic mass is 9.94. The summed E-state index contributed by atoms with van der Waals surface area (Å²) in [5, 5.41) is 3.09. The van der Waals surface area contributed by atoms with E-state index in [1.54, 1.807) is 0 Å². The minimum Gasteiger partial charge on any atom is -0.349 e. The van der Waals surface area contributed by atoms with Crippen molar-refractivity contribution in [3.63, 3.8) is 0 Å². The molecule has 0 radical (unpaired) electrons. The number of aryl methyl sites for hydroxylation is 1. The van der Waals surface area contributed by atoms with Gasteiger partial charge in [0.15, 0.2) is 9.84 Å². The Labute approximate surface area is 139 Å². The van der Waals surface area contributed by atoms with Crippen LogP contribution in [-0.4, -0.2) is 25.8 Å². The number of sulfone groups is 1. The Morgan fingerprint density at radius 2 is 1.91 bits per heavy atom. The standard InChI is InChI=1S/C18H27NO3S/c1-4-14-5-7-16(8-6-14)18(13(2)3)19-17(20)11-15-9-10-23(21,22)12-15/h5-8,13,15,18H,4,9-12H2,1-3H3,(H,19,20)/t15-,18+/m1/s1. The molecule has 0 aliphatic carbocycles. The molecule has 0 unspecified atom stereocenters. The van der Waals surface area contributed by atoms with E-state index in [4.69, 9.17) is 0 Å². The average Bonchev–Trinajstić information content (AvgIpc) is 2.83. The Kier molecular flexibility index (Phi) is 5.84. The van der Waals surface area contributed by atoms with Crippen LogP contribution in [0.15, 0.2) is 24.3 Å². The molecule has 0 saturated carbocycles. The van der Waals surface area contributed by atoms with Crippen molar-refractivity contribution in [1.82, 2.24) is 5.32 Å². The first kappa shape index (κ1) is 18.0. The summed E-state index contributed by atoms with van der Waals surface area (Å²) in [4.78, 5) is 12.3. The number of hydrogen-bond acceptors (Lipinski definition) is 3. The summed E-state index contributed by atoms with van der Waals surface area (Å²) in [6.07, 6.45) is 1.90. The maximum absolute atomic E-state index is 12.3. The molecule has 2 rings (SSSR count). The lowest BCUT2D eigenvalue weighted by Gasteiger charge is -2.24. The summed E-state index contributed by atoms with van der Waals surface area (Å²) in [6.45, 7) is 6.28. The normalized spacial score (nSPS) is 21.3. The van der Waals surface area contributed by atoms with Gasteiger partial charge in [0, 0.05) is 6.42 Å². The van der Waals surface area contributed by atoms with Crippen LogP contribution < -0.4 is 5.32 Å². The Morgan fingerprint density at radius 1 is 1.26 bits per heavy atom. The van der Waals surface area contributed by atoms with Crippen molar-refractivity contribution in [3.05, 3.63) is 35.4 Å². The first-order chi connectivity index (χ1) is 10.8. The largest absolute Gasteiger partial charge is 0.349 e. The average molecular weight is 337 g/mol. The molecule has 1 aromatic rings. The summed E-state index contributed by atoms with van der Waals surface area (Å²) < 4.78 is 23.0. The van der Waals surface area contributed by atoms with E-state index in [0.717, 1.165) is 12.0 Å². The van der Waals surface area contributed by atoms with E-state index in [-0.39, 0.29) is 35.3 Å². The van der Waals surface area contributed by atoms with Crippen LogP contribution in [0.1, 0.15) is 50.8 Å². The maximum Gasteiger partial charge on any atom is 0.220 e. The minimum atomic E-state index is -2.93. The van der Waals surface area contributed by atoms with Gasteiger partial charge in [-0.3, -0.25) is 4.79 Å². The zero-order valence-corrected chi connectivity index (χ0v) is 15.0. The fraction of sp³-hybridized carbons (Fsp3) is 0.611. The molecule has 5 heteroatoms. The lowest BCUT2D eigenvalue weighted by molar-refractivity contribution is -0.122. The molecule has 2 atom stereocenters. The molecule has 0 aromatic heterocycles. The predicted octanol–water partition coefficient (Wildman–Crippen LogP) is 2.89. The third-order valence-electron chi connectivity index (χ3n) is 4.53. The topological polar surface area (TPSA) is 63.2 Å². The highest BCUT2D eigenvalue weighted by atomic mass is 32.2. The van der Waals surface area contributed by atoms with Crippen LogP contribution in [0.2, 0.25) is 0 Å². The van der Waals surface area contributed by atoms with Crippen molar-refractivity contribution in [2.75, 3.05) is 11.5 Å². The van der Waals surface area contributed by atoms with Crippen LogP contribution in [-0.2, 0) is 21.1 Å². The Bertz CT molecular complexity index is 635. The second-order valence-corrected chi connectivity index (χ2v) is 9.09. The Balaban J connectivity index is 1.99. The summed E-state index contributed by atoms with van der Waals surface area (Å²) in [6, 6.07) is 8.31. The van der Waals surface area contributed by atoms with Gasteiger partial charge in [0.25, 0.3) is 0 Å². The van der Waals surface area contributed by atoms with Gasteiger partial charge in [-0.1, -0.05) is 45.0 Å². The molecule has 1 saturated heterocycles. The molecule has 0 bridgehead atoms. The van der Waals surface area contributed by atoms with Crippen LogP contribution in [0, 0.1) is 11.8 Å². The van der Waals surface area contributed by atoms with E-state index in [1.807, 2.05) is 0 Å². The van der Waals surface area contributed by atoms with E-state index in [1.165, 1.54) is 5.56 Å². The molecular formula is C18H27NO3S. The third kappa shape index (κ3) is 5.06. The highest BCUT2D eigenvalue weighted by molar-refractivity contribution is 7.91. The van der Waals surface area contributed by atoms with Crippen molar-refractivity contribution in [2.24, 2.45) is 11.8 Å². The van der Waals surface area contributed by atoms with Crippen LogP contribution >= 0.6 is 0 Å². The van der Waals surface area contributed by atoms with Crippen LogP contribution in [0.5, 0.6) is 0 Å². The van der Waals surface area contributed by atoms with E-state index in [2.05, 4.69) is 50.4 Å². The molecule has 1 aliphatic rings. The summed E-state index contributed by atoms with van der Waals surface area (Å²) in [5.74, 6) is 0.564. The van der Waals surface area contributed by atoms with E-state index in [0.29, 0.717) is 12.8 Å². The number of carbonyl (C=O) groups excluding carboxylic acids is 1. The quantitative estimate of drug-likeness (QED) is 0.868. The monoisotopic (exact) mass is 337 g/mol. The van der Waals surface area contributed by atoms with E-state index >= 15 is 0 Å². The minimum absolute atomic E-state index is 0.0321. The second-order valence-electron chi connectivity index (χ2n) is 6.86. The number of benzene rings is 1. The van der Waals surface area contributed by atoms with Crippen molar-refractivity contribution < 1.29 is 13.2 Å². The molecule has 4 nitrogen and oxygen atoms in total. The van der Waals surface area contributed by atoms with Crippen LogP contribution in [0.4, 0.5) is 0 Å². The van der Waals surface area contributed by atoms with Gasteiger partial charge in [-0.05, 0) is 35.8 Å². The van der Waals surface area contributed by atoms with Crippen molar-refractivity contribution in [2.45, 2.75) is 46.1 Å². The first-order valence-corrected chi connectivity index (χ1v) is 10.2. The molecular weight excluding hydrogens is 310 g/mol. The van der Waals surface area contributed by atoms with Gasteiger partial charge in [-0.25, -0.2) is 8.42 Å². The van der Waals surface area contributed by atoms with Gasteiger partial charge in [-0.15, -0.1) is 0 Å². The Hall–Kier alpha value is -1.36. The molecule has 1 amide bonds. The SMILES string of the molecule is CCc1ccc([C@@H](NC(=O)C[C@H]2CCS(=O)(=O)C2)C(C)C)cc1. The molecule has 1 aromatic carbocycles. The van der Waals surface area contributed by atoms with Gasteiger partial charge in [0.05, 0.1) is 17.5 Å². The number of nitrogens with one attached hydrogen (secondary N) is 1. The first-order valence-electron chi connectivity index (χ1n) is 8.39. The lowest BCUT2D eigenvalue weighted by Crippen LogP contribution is -2.33. The summed E-state index contributed by atoms with van der Waals surface area (Å²) in [7, 11) is -2.93. The number of carbonyl (C=O) groups is 1. The fourth-order valence-electron chi connectivity index (χ4n) is 3.12. The molecule has 0 spiro atoms. The van der Waals surface area contributed by atoms with E-state index in [9.17, 15) is 13.2 Å². The molecule has 128 valence electrons. The Morgan fingerprint density at radius 3 is 2.39 bits per heavy atom. The van der Waals surface area contributed by atoms with Crippen molar-refractivity contribution >= 4 is 15.7 Å². The zero-order chi connectivity index (χ0) is 17.0. The van der Waals surface area contributed by atoms with Gasteiger partial charge in [-0.2, -0.15) is 0 Å². The number of rotatable bonds is 6. The molecule has 1 fully saturated rings. The van der Waals surface area contributed by atoms with Gasteiger partial charge in [0.1, 0.15) is 0 Å². The number of amides is 1. The predicted molar refractivity (Wildman–Crippen MR) is 92.9 cm³/mol. The van der Waals surface area contributed by atoms with Crippen LogP contribution in [0.25, 0.3) is 0 Å². The van der Waals surface area contributed by atoms with E-state index < -0.39 is 9.84 Å². The third-order valence-corrected chi connectivity index (χ3v) is 6.37. The molecule has 1 heterocycles. The molecule has 1 aliphatic heterocycles. The van der Waals surface area contributed by atoms with Gasteiger partial charge >= 0.3 is 0 Å². The summed E-state index contributed by atoms with van der Waals surface area (Å²) in [5.41, 5.74) is 2.38. The highest BCUT2D eigenvalue weighted by Crippen LogP contribution is 2.25.